The van der Waals surface area contributed by atoms with Crippen LogP contribution in [0, 0.1) is 0 Å². The molecule has 0 aliphatic rings. The summed E-state index contributed by atoms with van der Waals surface area (Å²) in [5.41, 5.74) is 1.78. The SMILES string of the molecule is COc1cccc(C(O)CC[NH2+]C(C)C(O)c2ccccc2)c1.[Cl-]. The molecule has 3 unspecified atom stereocenters. The molecule has 2 aromatic carbocycles. The zero-order chi connectivity index (χ0) is 16.7. The van der Waals surface area contributed by atoms with Crippen LogP contribution in [0.15, 0.2) is 54.6 Å². The van der Waals surface area contributed by atoms with Gasteiger partial charge in [-0.05, 0) is 30.2 Å². The number of aliphatic hydroxyl groups excluding tert-OH is 2. The van der Waals surface area contributed by atoms with E-state index in [-0.39, 0.29) is 18.4 Å². The molecule has 0 aliphatic heterocycles. The summed E-state index contributed by atoms with van der Waals surface area (Å²) in [4.78, 5) is 0. The number of halogens is 1. The zero-order valence-corrected chi connectivity index (χ0v) is 14.9. The molecule has 0 spiro atoms. The van der Waals surface area contributed by atoms with Crippen molar-refractivity contribution in [3.63, 3.8) is 0 Å². The normalized spacial score (nSPS) is 14.3. The number of benzene rings is 2. The Morgan fingerprint density at radius 2 is 1.67 bits per heavy atom. The minimum Gasteiger partial charge on any atom is -1.00 e. The highest BCUT2D eigenvalue weighted by atomic mass is 35.5. The van der Waals surface area contributed by atoms with Crippen molar-refractivity contribution in [3.05, 3.63) is 65.7 Å². The minimum absolute atomic E-state index is 0. The van der Waals surface area contributed by atoms with Crippen LogP contribution in [0.25, 0.3) is 0 Å². The fourth-order valence-corrected chi connectivity index (χ4v) is 2.62. The van der Waals surface area contributed by atoms with E-state index >= 15 is 0 Å². The summed E-state index contributed by atoms with van der Waals surface area (Å²) in [6, 6.07) is 17.2. The van der Waals surface area contributed by atoms with E-state index in [1.54, 1.807) is 7.11 Å². The van der Waals surface area contributed by atoms with Crippen molar-refractivity contribution in [3.8, 4) is 5.75 Å². The van der Waals surface area contributed by atoms with E-state index in [0.29, 0.717) is 6.42 Å². The van der Waals surface area contributed by atoms with E-state index in [2.05, 4.69) is 5.32 Å². The van der Waals surface area contributed by atoms with Crippen LogP contribution in [0.2, 0.25) is 0 Å². The molecule has 132 valence electrons. The number of rotatable bonds is 8. The van der Waals surface area contributed by atoms with Gasteiger partial charge in [-0.3, -0.25) is 0 Å². The highest BCUT2D eigenvalue weighted by Crippen LogP contribution is 2.20. The Hall–Kier alpha value is -1.59. The lowest BCUT2D eigenvalue weighted by Crippen LogP contribution is -3.00. The van der Waals surface area contributed by atoms with Crippen LogP contribution >= 0.6 is 0 Å². The summed E-state index contributed by atoms with van der Waals surface area (Å²) in [6.07, 6.45) is -0.411. The molecule has 24 heavy (non-hydrogen) atoms. The first-order chi connectivity index (χ1) is 11.1. The second kappa shape index (κ2) is 10.3. The molecule has 0 radical (unpaired) electrons. The van der Waals surface area contributed by atoms with Crippen molar-refractivity contribution in [2.45, 2.75) is 31.6 Å². The third-order valence-electron chi connectivity index (χ3n) is 4.10. The van der Waals surface area contributed by atoms with Crippen molar-refractivity contribution in [2.75, 3.05) is 13.7 Å². The van der Waals surface area contributed by atoms with Crippen molar-refractivity contribution >= 4 is 0 Å². The summed E-state index contributed by atoms with van der Waals surface area (Å²) in [7, 11) is 1.62. The van der Waals surface area contributed by atoms with Gasteiger partial charge in [0.2, 0.25) is 0 Å². The second-order valence-corrected chi connectivity index (χ2v) is 5.82. The predicted octanol–water partition coefficient (Wildman–Crippen LogP) is -1.19. The molecule has 4 nitrogen and oxygen atoms in total. The standard InChI is InChI=1S/C19H25NO3.ClH/c1-14(19(22)15-7-4-3-5-8-15)20-12-11-18(21)16-9-6-10-17(13-16)23-2;/h3-10,13-14,18-22H,11-12H2,1-2H3;1H. The minimum atomic E-state index is -0.526. The number of aliphatic hydroxyl groups is 2. The van der Waals surface area contributed by atoms with E-state index in [4.69, 9.17) is 4.74 Å². The van der Waals surface area contributed by atoms with Gasteiger partial charge < -0.3 is 32.7 Å². The molecule has 0 aromatic heterocycles. The van der Waals surface area contributed by atoms with E-state index in [0.717, 1.165) is 23.4 Å². The Morgan fingerprint density at radius 1 is 1.00 bits per heavy atom. The van der Waals surface area contributed by atoms with Gasteiger partial charge in [0, 0.05) is 6.42 Å². The Balaban J connectivity index is 0.00000288. The molecule has 4 N–H and O–H groups in total. The Kier molecular flexibility index (Phi) is 8.79. The largest absolute Gasteiger partial charge is 1.00 e. The van der Waals surface area contributed by atoms with Gasteiger partial charge in [-0.2, -0.15) is 0 Å². The van der Waals surface area contributed by atoms with Crippen LogP contribution in [0.3, 0.4) is 0 Å². The fraction of sp³-hybridized carbons (Fsp3) is 0.368. The lowest BCUT2D eigenvalue weighted by molar-refractivity contribution is -0.695. The van der Waals surface area contributed by atoms with Crippen molar-refractivity contribution < 1.29 is 32.7 Å². The Morgan fingerprint density at radius 3 is 2.33 bits per heavy atom. The highest BCUT2D eigenvalue weighted by molar-refractivity contribution is 5.29. The van der Waals surface area contributed by atoms with Crippen LogP contribution in [0.5, 0.6) is 5.75 Å². The van der Waals surface area contributed by atoms with Crippen LogP contribution < -0.4 is 22.5 Å². The van der Waals surface area contributed by atoms with Gasteiger partial charge in [0.25, 0.3) is 0 Å². The first-order valence-electron chi connectivity index (χ1n) is 8.00. The van der Waals surface area contributed by atoms with Gasteiger partial charge in [-0.1, -0.05) is 42.5 Å². The molecule has 0 fully saturated rings. The van der Waals surface area contributed by atoms with Crippen LogP contribution in [0.1, 0.15) is 36.7 Å². The van der Waals surface area contributed by atoms with Gasteiger partial charge >= 0.3 is 0 Å². The molecular formula is C19H26ClNO3. The first kappa shape index (κ1) is 20.5. The Bertz CT molecular complexity index is 594. The summed E-state index contributed by atoms with van der Waals surface area (Å²) in [6.45, 7) is 2.74. The maximum absolute atomic E-state index is 10.3. The summed E-state index contributed by atoms with van der Waals surface area (Å²) >= 11 is 0. The maximum Gasteiger partial charge on any atom is 0.130 e. The molecule has 0 saturated carbocycles. The number of ether oxygens (including phenoxy) is 1. The average molecular weight is 352 g/mol. The van der Waals surface area contributed by atoms with Gasteiger partial charge in [0.1, 0.15) is 17.9 Å². The number of methoxy groups -OCH3 is 1. The van der Waals surface area contributed by atoms with Gasteiger partial charge in [0.15, 0.2) is 0 Å². The third kappa shape index (κ3) is 5.80. The van der Waals surface area contributed by atoms with E-state index in [1.165, 1.54) is 0 Å². The molecule has 2 aromatic rings. The van der Waals surface area contributed by atoms with Crippen LogP contribution in [0.4, 0.5) is 0 Å². The molecule has 0 saturated heterocycles. The molecule has 3 atom stereocenters. The summed E-state index contributed by atoms with van der Waals surface area (Å²) in [5, 5.41) is 22.7. The van der Waals surface area contributed by atoms with E-state index < -0.39 is 12.2 Å². The monoisotopic (exact) mass is 351 g/mol. The van der Waals surface area contributed by atoms with Crippen LogP contribution in [-0.4, -0.2) is 29.9 Å². The van der Waals surface area contributed by atoms with Crippen molar-refractivity contribution in [1.29, 1.82) is 0 Å². The number of nitrogens with two attached hydrogens (primary N) is 1. The molecule has 0 aliphatic carbocycles. The molecule has 0 amide bonds. The first-order valence-corrected chi connectivity index (χ1v) is 8.00. The smallest absolute Gasteiger partial charge is 0.130 e. The lowest BCUT2D eigenvalue weighted by atomic mass is 10.0. The van der Waals surface area contributed by atoms with Gasteiger partial charge in [-0.15, -0.1) is 0 Å². The molecule has 0 bridgehead atoms. The predicted molar refractivity (Wildman–Crippen MR) is 90.2 cm³/mol. The number of hydrogen-bond donors (Lipinski definition) is 3. The van der Waals surface area contributed by atoms with Crippen molar-refractivity contribution in [2.24, 2.45) is 0 Å². The molecule has 2 rings (SSSR count). The topological polar surface area (TPSA) is 66.3 Å². The van der Waals surface area contributed by atoms with E-state index in [1.807, 2.05) is 61.5 Å². The lowest BCUT2D eigenvalue weighted by Gasteiger charge is -2.19. The summed E-state index contributed by atoms with van der Waals surface area (Å²) in [5.74, 6) is 0.749. The number of quaternary nitrogens is 1. The Labute approximate surface area is 149 Å². The fourth-order valence-electron chi connectivity index (χ4n) is 2.62. The number of hydrogen-bond acceptors (Lipinski definition) is 3. The zero-order valence-electron chi connectivity index (χ0n) is 14.1. The highest BCUT2D eigenvalue weighted by Gasteiger charge is 2.19. The van der Waals surface area contributed by atoms with Gasteiger partial charge in [0.05, 0.1) is 19.8 Å². The summed E-state index contributed by atoms with van der Waals surface area (Å²) < 4.78 is 5.18. The van der Waals surface area contributed by atoms with Gasteiger partial charge in [-0.25, -0.2) is 0 Å². The van der Waals surface area contributed by atoms with Crippen LogP contribution in [-0.2, 0) is 0 Å². The van der Waals surface area contributed by atoms with Crippen molar-refractivity contribution in [1.82, 2.24) is 0 Å². The molecule has 5 heteroatoms. The second-order valence-electron chi connectivity index (χ2n) is 5.82. The molecule has 0 heterocycles. The third-order valence-corrected chi connectivity index (χ3v) is 4.10. The quantitative estimate of drug-likeness (QED) is 0.560. The maximum atomic E-state index is 10.3. The van der Waals surface area contributed by atoms with E-state index in [9.17, 15) is 10.2 Å². The molecular weight excluding hydrogens is 326 g/mol. The average Bonchev–Trinajstić information content (AvgIpc) is 2.61.